The summed E-state index contributed by atoms with van der Waals surface area (Å²) in [5.74, 6) is 0.484. The van der Waals surface area contributed by atoms with Gasteiger partial charge in [0.15, 0.2) is 0 Å². The molecule has 0 fully saturated rings. The van der Waals surface area contributed by atoms with Gasteiger partial charge in [0.25, 0.3) is 5.91 Å². The molecule has 3 rings (SSSR count). The van der Waals surface area contributed by atoms with Gasteiger partial charge in [-0.3, -0.25) is 9.79 Å². The highest BCUT2D eigenvalue weighted by Gasteiger charge is 2.18. The largest absolute Gasteiger partial charge is 0.321 e. The van der Waals surface area contributed by atoms with E-state index in [2.05, 4.69) is 17.0 Å². The van der Waals surface area contributed by atoms with Crippen molar-refractivity contribution in [2.45, 2.75) is 5.75 Å². The summed E-state index contributed by atoms with van der Waals surface area (Å²) in [5, 5.41) is 2.96. The Bertz CT molecular complexity index is 922. The Morgan fingerprint density at radius 3 is 2.00 bits per heavy atom. The Hall–Kier alpha value is -3.11. The van der Waals surface area contributed by atoms with Crippen LogP contribution in [0.1, 0.15) is 11.1 Å². The number of carbonyl (C=O) groups is 1. The van der Waals surface area contributed by atoms with Crippen LogP contribution in [0.15, 0.2) is 101 Å². The van der Waals surface area contributed by atoms with Crippen molar-refractivity contribution in [3.05, 3.63) is 107 Å². The molecule has 0 unspecified atom stereocenters. The number of anilines is 1. The normalized spacial score (nSPS) is 11.4. The van der Waals surface area contributed by atoms with Crippen LogP contribution in [0.3, 0.4) is 0 Å². The molecule has 1 N–H and O–H groups in total. The molecular weight excluding hydrogens is 352 g/mol. The lowest BCUT2D eigenvalue weighted by Crippen LogP contribution is -2.14. The highest BCUT2D eigenvalue weighted by molar-refractivity contribution is 8.03. The van der Waals surface area contributed by atoms with E-state index in [0.717, 1.165) is 16.8 Å². The number of rotatable bonds is 7. The summed E-state index contributed by atoms with van der Waals surface area (Å²) in [5.41, 5.74) is 3.34. The highest BCUT2D eigenvalue weighted by atomic mass is 32.2. The minimum Gasteiger partial charge on any atom is -0.321 e. The standard InChI is InChI=1S/C23H20N2OS/c1-24-21(19-13-7-3-8-14-19)22(27-17-18-11-5-2-6-12-18)23(26)25-20-15-9-4-10-16-20/h2-16H,1,17H2,(H,25,26)/b22-21-. The molecule has 0 atom stereocenters. The first-order valence-corrected chi connectivity index (χ1v) is 9.56. The molecule has 0 spiro atoms. The zero-order valence-corrected chi connectivity index (χ0v) is 15.7. The van der Waals surface area contributed by atoms with E-state index < -0.39 is 0 Å². The molecule has 0 aromatic heterocycles. The van der Waals surface area contributed by atoms with Gasteiger partial charge >= 0.3 is 0 Å². The van der Waals surface area contributed by atoms with Crippen molar-refractivity contribution in [1.29, 1.82) is 0 Å². The summed E-state index contributed by atoms with van der Waals surface area (Å²) >= 11 is 1.46. The fourth-order valence-corrected chi connectivity index (χ4v) is 3.58. The van der Waals surface area contributed by atoms with Gasteiger partial charge in [0, 0.05) is 17.0 Å². The molecule has 0 aliphatic rings. The molecule has 3 aromatic carbocycles. The maximum Gasteiger partial charge on any atom is 0.264 e. The Balaban J connectivity index is 1.93. The lowest BCUT2D eigenvalue weighted by Gasteiger charge is -2.13. The predicted octanol–water partition coefficient (Wildman–Crippen LogP) is 5.63. The molecule has 0 radical (unpaired) electrons. The van der Waals surface area contributed by atoms with Crippen molar-refractivity contribution in [2.75, 3.05) is 5.32 Å². The summed E-state index contributed by atoms with van der Waals surface area (Å²) in [6.45, 7) is 3.70. The SMILES string of the molecule is C=N/C(=C(\SCc1ccccc1)C(=O)Nc1ccccc1)c1ccccc1. The van der Waals surface area contributed by atoms with Crippen LogP contribution < -0.4 is 5.32 Å². The van der Waals surface area contributed by atoms with E-state index in [1.165, 1.54) is 11.8 Å². The Labute approximate surface area is 163 Å². The van der Waals surface area contributed by atoms with Crippen LogP contribution in [-0.4, -0.2) is 12.6 Å². The highest BCUT2D eigenvalue weighted by Crippen LogP contribution is 2.31. The summed E-state index contributed by atoms with van der Waals surface area (Å²) in [4.78, 5) is 17.8. The average molecular weight is 372 g/mol. The molecule has 4 heteroatoms. The molecule has 0 saturated carbocycles. The second-order valence-corrected chi connectivity index (χ2v) is 6.78. The molecule has 1 amide bonds. The van der Waals surface area contributed by atoms with Crippen LogP contribution in [0.5, 0.6) is 0 Å². The number of nitrogens with zero attached hydrogens (tertiary/aromatic N) is 1. The Morgan fingerprint density at radius 2 is 1.41 bits per heavy atom. The van der Waals surface area contributed by atoms with Gasteiger partial charge in [-0.1, -0.05) is 78.9 Å². The first-order valence-electron chi connectivity index (χ1n) is 8.57. The van der Waals surface area contributed by atoms with Gasteiger partial charge in [-0.05, 0) is 24.4 Å². The quantitative estimate of drug-likeness (QED) is 0.431. The van der Waals surface area contributed by atoms with Crippen molar-refractivity contribution in [2.24, 2.45) is 4.99 Å². The van der Waals surface area contributed by atoms with Crippen molar-refractivity contribution >= 4 is 35.8 Å². The number of carbonyl (C=O) groups excluding carboxylic acids is 1. The number of thioether (sulfide) groups is 1. The van der Waals surface area contributed by atoms with Crippen LogP contribution in [0, 0.1) is 0 Å². The van der Waals surface area contributed by atoms with Crippen molar-refractivity contribution in [3.8, 4) is 0 Å². The third-order valence-electron chi connectivity index (χ3n) is 3.88. The average Bonchev–Trinajstić information content (AvgIpc) is 2.73. The van der Waals surface area contributed by atoms with Crippen LogP contribution in [0.4, 0.5) is 5.69 Å². The second kappa shape index (κ2) is 9.55. The minimum absolute atomic E-state index is 0.187. The van der Waals surface area contributed by atoms with Gasteiger partial charge in [0.1, 0.15) is 0 Å². The topological polar surface area (TPSA) is 41.5 Å². The van der Waals surface area contributed by atoms with Gasteiger partial charge in [-0.15, -0.1) is 11.8 Å². The molecule has 0 saturated heterocycles. The van der Waals surface area contributed by atoms with Crippen molar-refractivity contribution in [3.63, 3.8) is 0 Å². The predicted molar refractivity (Wildman–Crippen MR) is 116 cm³/mol. The van der Waals surface area contributed by atoms with Crippen molar-refractivity contribution < 1.29 is 4.79 Å². The first kappa shape index (κ1) is 18.7. The van der Waals surface area contributed by atoms with Gasteiger partial charge in [-0.2, -0.15) is 0 Å². The summed E-state index contributed by atoms with van der Waals surface area (Å²) in [7, 11) is 0. The van der Waals surface area contributed by atoms with E-state index in [4.69, 9.17) is 0 Å². The molecule has 3 nitrogen and oxygen atoms in total. The second-order valence-electron chi connectivity index (χ2n) is 5.80. The van der Waals surface area contributed by atoms with Crippen LogP contribution in [0.25, 0.3) is 5.70 Å². The van der Waals surface area contributed by atoms with Gasteiger partial charge < -0.3 is 5.32 Å². The Kier molecular flexibility index (Phi) is 6.61. The number of amides is 1. The lowest BCUT2D eigenvalue weighted by atomic mass is 10.1. The molecule has 27 heavy (non-hydrogen) atoms. The Morgan fingerprint density at radius 1 is 0.852 bits per heavy atom. The summed E-state index contributed by atoms with van der Waals surface area (Å²) in [6.07, 6.45) is 0. The molecule has 0 heterocycles. The van der Waals surface area contributed by atoms with E-state index >= 15 is 0 Å². The summed E-state index contributed by atoms with van der Waals surface area (Å²) < 4.78 is 0. The van der Waals surface area contributed by atoms with Crippen LogP contribution in [0.2, 0.25) is 0 Å². The van der Waals surface area contributed by atoms with E-state index in [-0.39, 0.29) is 5.91 Å². The summed E-state index contributed by atoms with van der Waals surface area (Å²) in [6, 6.07) is 29.1. The number of para-hydroxylation sites is 1. The van der Waals surface area contributed by atoms with E-state index in [9.17, 15) is 4.79 Å². The van der Waals surface area contributed by atoms with E-state index in [1.54, 1.807) is 0 Å². The third kappa shape index (κ3) is 5.19. The molecule has 3 aromatic rings. The number of hydrogen-bond donors (Lipinski definition) is 1. The first-order chi connectivity index (χ1) is 13.3. The van der Waals surface area contributed by atoms with Crippen LogP contribution in [-0.2, 0) is 10.5 Å². The molecular formula is C23H20N2OS. The van der Waals surface area contributed by atoms with E-state index in [0.29, 0.717) is 16.4 Å². The maximum atomic E-state index is 13.0. The maximum absolute atomic E-state index is 13.0. The number of hydrogen-bond acceptors (Lipinski definition) is 3. The zero-order valence-electron chi connectivity index (χ0n) is 14.8. The van der Waals surface area contributed by atoms with Crippen molar-refractivity contribution in [1.82, 2.24) is 0 Å². The van der Waals surface area contributed by atoms with E-state index in [1.807, 2.05) is 91.0 Å². The molecule has 134 valence electrons. The lowest BCUT2D eigenvalue weighted by molar-refractivity contribution is -0.112. The molecule has 0 aliphatic carbocycles. The smallest absolute Gasteiger partial charge is 0.264 e. The van der Waals surface area contributed by atoms with Gasteiger partial charge in [0.2, 0.25) is 0 Å². The molecule has 0 aliphatic heterocycles. The third-order valence-corrected chi connectivity index (χ3v) is 5.03. The number of aliphatic imine (C=N–C) groups is 1. The molecule has 0 bridgehead atoms. The monoisotopic (exact) mass is 372 g/mol. The zero-order chi connectivity index (χ0) is 18.9. The number of benzene rings is 3. The minimum atomic E-state index is -0.187. The number of nitrogens with one attached hydrogen (secondary N) is 1. The van der Waals surface area contributed by atoms with Crippen LogP contribution >= 0.6 is 11.8 Å². The fourth-order valence-electron chi connectivity index (χ4n) is 2.57. The van der Waals surface area contributed by atoms with Gasteiger partial charge in [-0.25, -0.2) is 0 Å². The van der Waals surface area contributed by atoms with Gasteiger partial charge in [0.05, 0.1) is 10.6 Å². The fraction of sp³-hybridized carbons (Fsp3) is 0.0435.